The van der Waals surface area contributed by atoms with Gasteiger partial charge in [-0.3, -0.25) is 9.59 Å². The van der Waals surface area contributed by atoms with Gasteiger partial charge in [-0.2, -0.15) is 4.39 Å². The van der Waals surface area contributed by atoms with Crippen LogP contribution in [0.3, 0.4) is 0 Å². The second kappa shape index (κ2) is 7.28. The predicted octanol–water partition coefficient (Wildman–Crippen LogP) is 3.49. The molecule has 27 heavy (non-hydrogen) atoms. The number of rotatable bonds is 5. The summed E-state index contributed by atoms with van der Waals surface area (Å²) in [4.78, 5) is 31.2. The Morgan fingerprint density at radius 3 is 2.63 bits per heavy atom. The van der Waals surface area contributed by atoms with Crippen LogP contribution >= 0.6 is 11.3 Å². The van der Waals surface area contributed by atoms with E-state index in [1.54, 1.807) is 11.0 Å². The molecule has 3 aromatic rings. The van der Waals surface area contributed by atoms with Gasteiger partial charge in [0, 0.05) is 18.5 Å². The molecule has 1 unspecified atom stereocenters. The first-order chi connectivity index (χ1) is 13.1. The van der Waals surface area contributed by atoms with E-state index in [1.807, 2.05) is 48.5 Å². The lowest BCUT2D eigenvalue weighted by atomic mass is 10.0. The van der Waals surface area contributed by atoms with Crippen molar-refractivity contribution >= 4 is 28.3 Å². The number of anilines is 1. The summed E-state index contributed by atoms with van der Waals surface area (Å²) in [6.45, 7) is 0.367. The van der Waals surface area contributed by atoms with E-state index in [9.17, 15) is 14.0 Å². The van der Waals surface area contributed by atoms with Crippen molar-refractivity contribution in [2.75, 3.05) is 5.32 Å². The molecule has 0 fully saturated rings. The highest BCUT2D eigenvalue weighted by molar-refractivity contribution is 7.14. The maximum Gasteiger partial charge on any atom is 0.255 e. The van der Waals surface area contributed by atoms with Gasteiger partial charge < -0.3 is 10.2 Å². The molecule has 4 rings (SSSR count). The maximum atomic E-state index is 13.2. The molecule has 0 spiro atoms. The van der Waals surface area contributed by atoms with Gasteiger partial charge in [0.2, 0.25) is 5.91 Å². The van der Waals surface area contributed by atoms with Crippen LogP contribution in [0.4, 0.5) is 9.52 Å². The molecule has 2 aromatic carbocycles. The molecule has 0 saturated carbocycles. The number of carbonyl (C=O) groups is 2. The number of nitrogens with zero attached hydrogens (tertiary/aromatic N) is 2. The molecule has 2 heterocycles. The number of benzene rings is 2. The molecule has 1 atom stereocenters. The zero-order chi connectivity index (χ0) is 18.8. The molecular weight excluding hydrogens is 365 g/mol. The van der Waals surface area contributed by atoms with Gasteiger partial charge in [-0.1, -0.05) is 59.9 Å². The minimum absolute atomic E-state index is 0.174. The highest BCUT2D eigenvalue weighted by Gasteiger charge is 2.36. The summed E-state index contributed by atoms with van der Waals surface area (Å²) in [5.74, 6) is -0.554. The van der Waals surface area contributed by atoms with Crippen molar-refractivity contribution in [2.24, 2.45) is 0 Å². The molecular formula is C20H16FN3O2S. The Morgan fingerprint density at radius 1 is 1.19 bits per heavy atom. The molecule has 136 valence electrons. The van der Waals surface area contributed by atoms with E-state index in [1.165, 1.54) is 0 Å². The number of carbonyl (C=O) groups excluding carboxylic acids is 2. The number of nitrogens with one attached hydrogen (secondary N) is 1. The van der Waals surface area contributed by atoms with Crippen molar-refractivity contribution in [3.05, 3.63) is 82.6 Å². The van der Waals surface area contributed by atoms with E-state index in [-0.39, 0.29) is 16.9 Å². The molecule has 7 heteroatoms. The Labute approximate surface area is 159 Å². The van der Waals surface area contributed by atoms with Crippen LogP contribution in [0.2, 0.25) is 0 Å². The lowest BCUT2D eigenvalue weighted by molar-refractivity contribution is -0.120. The van der Waals surface area contributed by atoms with Crippen LogP contribution in [0.5, 0.6) is 0 Å². The number of hydrogen-bond acceptors (Lipinski definition) is 4. The minimum Gasteiger partial charge on any atom is -0.322 e. The van der Waals surface area contributed by atoms with Crippen LogP contribution in [0.1, 0.15) is 21.5 Å². The molecule has 5 nitrogen and oxygen atoms in total. The second-order valence-electron chi connectivity index (χ2n) is 6.25. The van der Waals surface area contributed by atoms with E-state index in [2.05, 4.69) is 10.3 Å². The Bertz CT molecular complexity index is 990. The Morgan fingerprint density at radius 2 is 1.93 bits per heavy atom. The highest BCUT2D eigenvalue weighted by atomic mass is 32.1. The number of aromatic nitrogens is 1. The summed E-state index contributed by atoms with van der Waals surface area (Å²) in [5.41, 5.74) is 2.45. The zero-order valence-electron chi connectivity index (χ0n) is 14.3. The largest absolute Gasteiger partial charge is 0.322 e. The van der Waals surface area contributed by atoms with Crippen molar-refractivity contribution in [2.45, 2.75) is 19.0 Å². The third-order valence-corrected chi connectivity index (χ3v) is 5.21. The molecule has 1 aromatic heterocycles. The van der Waals surface area contributed by atoms with Crippen molar-refractivity contribution in [3.63, 3.8) is 0 Å². The SMILES string of the molecule is O=C(Nc1ncc(F)s1)C(Cc1ccccc1)N1Cc2ccccc2C1=O. The molecule has 0 aliphatic carbocycles. The monoisotopic (exact) mass is 381 g/mol. The smallest absolute Gasteiger partial charge is 0.255 e. The summed E-state index contributed by atoms with van der Waals surface area (Å²) in [7, 11) is 0. The summed E-state index contributed by atoms with van der Waals surface area (Å²) < 4.78 is 13.2. The van der Waals surface area contributed by atoms with Gasteiger partial charge in [0.25, 0.3) is 5.91 Å². The lowest BCUT2D eigenvalue weighted by Gasteiger charge is -2.26. The standard InChI is InChI=1S/C20H16FN3O2S/c21-17-11-22-20(27-17)23-18(25)16(10-13-6-2-1-3-7-13)24-12-14-8-4-5-9-15(14)19(24)26/h1-9,11,16H,10,12H2,(H,22,23,25). The summed E-state index contributed by atoms with van der Waals surface area (Å²) in [6, 6.07) is 16.1. The van der Waals surface area contributed by atoms with Crippen molar-refractivity contribution in [3.8, 4) is 0 Å². The number of thiazole rings is 1. The van der Waals surface area contributed by atoms with E-state index in [0.717, 1.165) is 28.7 Å². The van der Waals surface area contributed by atoms with Crippen LogP contribution in [-0.4, -0.2) is 27.7 Å². The van der Waals surface area contributed by atoms with E-state index >= 15 is 0 Å². The fraction of sp³-hybridized carbons (Fsp3) is 0.150. The molecule has 0 saturated heterocycles. The zero-order valence-corrected chi connectivity index (χ0v) is 15.1. The fourth-order valence-electron chi connectivity index (χ4n) is 3.21. The number of amides is 2. The molecule has 0 bridgehead atoms. The minimum atomic E-state index is -0.723. The van der Waals surface area contributed by atoms with Gasteiger partial charge in [0.15, 0.2) is 10.3 Å². The topological polar surface area (TPSA) is 62.3 Å². The Balaban J connectivity index is 1.62. The molecule has 0 radical (unpaired) electrons. The van der Waals surface area contributed by atoms with Crippen molar-refractivity contribution < 1.29 is 14.0 Å². The molecule has 1 aliphatic heterocycles. The summed E-state index contributed by atoms with van der Waals surface area (Å²) >= 11 is 0.757. The van der Waals surface area contributed by atoms with Crippen LogP contribution < -0.4 is 5.32 Å². The van der Waals surface area contributed by atoms with Gasteiger partial charge in [-0.25, -0.2) is 4.98 Å². The van der Waals surface area contributed by atoms with Crippen molar-refractivity contribution in [1.29, 1.82) is 0 Å². The second-order valence-corrected chi connectivity index (χ2v) is 7.24. The number of halogens is 1. The van der Waals surface area contributed by atoms with Crippen LogP contribution in [-0.2, 0) is 17.8 Å². The average Bonchev–Trinajstić information content (AvgIpc) is 3.24. The molecule has 2 amide bonds. The molecule has 1 aliphatic rings. The Kier molecular flexibility index (Phi) is 4.68. The Hall–Kier alpha value is -3.06. The summed E-state index contributed by atoms with van der Waals surface area (Å²) in [6.07, 6.45) is 1.42. The van der Waals surface area contributed by atoms with Gasteiger partial charge >= 0.3 is 0 Å². The van der Waals surface area contributed by atoms with Crippen molar-refractivity contribution in [1.82, 2.24) is 9.88 Å². The lowest BCUT2D eigenvalue weighted by Crippen LogP contribution is -2.45. The van der Waals surface area contributed by atoms with Gasteiger partial charge in [-0.15, -0.1) is 0 Å². The first-order valence-corrected chi connectivity index (χ1v) is 9.28. The number of hydrogen-bond donors (Lipinski definition) is 1. The quantitative estimate of drug-likeness (QED) is 0.736. The summed E-state index contributed by atoms with van der Waals surface area (Å²) in [5, 5.41) is 2.34. The van der Waals surface area contributed by atoms with E-state index < -0.39 is 11.2 Å². The molecule has 1 N–H and O–H groups in total. The third-order valence-electron chi connectivity index (χ3n) is 4.51. The average molecular weight is 381 g/mol. The van der Waals surface area contributed by atoms with Crippen LogP contribution in [0.15, 0.2) is 60.8 Å². The normalized spacial score (nSPS) is 14.1. The maximum absolute atomic E-state index is 13.2. The van der Waals surface area contributed by atoms with Gasteiger partial charge in [0.05, 0.1) is 6.20 Å². The van der Waals surface area contributed by atoms with Crippen LogP contribution in [0.25, 0.3) is 0 Å². The first-order valence-electron chi connectivity index (χ1n) is 8.47. The van der Waals surface area contributed by atoms with E-state index in [0.29, 0.717) is 18.5 Å². The predicted molar refractivity (Wildman–Crippen MR) is 101 cm³/mol. The first kappa shape index (κ1) is 17.4. The van der Waals surface area contributed by atoms with E-state index in [4.69, 9.17) is 0 Å². The number of fused-ring (bicyclic) bond motifs is 1. The van der Waals surface area contributed by atoms with Gasteiger partial charge in [-0.05, 0) is 17.2 Å². The van der Waals surface area contributed by atoms with Gasteiger partial charge in [0.1, 0.15) is 6.04 Å². The third kappa shape index (κ3) is 3.59. The van der Waals surface area contributed by atoms with Crippen LogP contribution in [0, 0.1) is 5.13 Å². The highest BCUT2D eigenvalue weighted by Crippen LogP contribution is 2.27. The fourth-order valence-corrected chi connectivity index (χ4v) is 3.76.